The fourth-order valence-corrected chi connectivity index (χ4v) is 4.99. The first-order valence-electron chi connectivity index (χ1n) is 8.76. The van der Waals surface area contributed by atoms with Crippen molar-refractivity contribution >= 4 is 22.9 Å². The van der Waals surface area contributed by atoms with Crippen molar-refractivity contribution in [3.63, 3.8) is 0 Å². The van der Waals surface area contributed by atoms with Crippen LogP contribution in [0.4, 0.5) is 5.69 Å². The van der Waals surface area contributed by atoms with E-state index in [1.807, 2.05) is 29.4 Å². The van der Waals surface area contributed by atoms with E-state index >= 15 is 0 Å². The Bertz CT molecular complexity index is 719. The van der Waals surface area contributed by atoms with Crippen molar-refractivity contribution in [2.75, 3.05) is 31.1 Å². The van der Waals surface area contributed by atoms with Gasteiger partial charge < -0.3 is 9.80 Å². The number of amides is 1. The molecule has 24 heavy (non-hydrogen) atoms. The number of piperazine rings is 1. The fraction of sp³-hybridized carbons (Fsp3) is 0.474. The minimum atomic E-state index is 0.233. The smallest absolute Gasteiger partial charge is 0.255 e. The van der Waals surface area contributed by atoms with Crippen LogP contribution < -0.4 is 4.90 Å². The van der Waals surface area contributed by atoms with Crippen molar-refractivity contribution in [1.82, 2.24) is 9.88 Å². The summed E-state index contributed by atoms with van der Waals surface area (Å²) in [5.41, 5.74) is 3.50. The number of anilines is 1. The summed E-state index contributed by atoms with van der Waals surface area (Å²) in [6.07, 6.45) is 7.07. The molecule has 5 heteroatoms. The van der Waals surface area contributed by atoms with Crippen LogP contribution in [-0.2, 0) is 12.8 Å². The van der Waals surface area contributed by atoms with Crippen molar-refractivity contribution in [3.8, 4) is 0 Å². The maximum atomic E-state index is 13.0. The summed E-state index contributed by atoms with van der Waals surface area (Å²) < 4.78 is 0. The van der Waals surface area contributed by atoms with Gasteiger partial charge in [0, 0.05) is 54.5 Å². The Morgan fingerprint density at radius 1 is 1.21 bits per heavy atom. The largest absolute Gasteiger partial charge is 0.368 e. The highest BCUT2D eigenvalue weighted by atomic mass is 32.1. The molecule has 2 aliphatic rings. The highest BCUT2D eigenvalue weighted by molar-refractivity contribution is 7.10. The molecule has 1 aliphatic carbocycles. The lowest BCUT2D eigenvalue weighted by molar-refractivity contribution is 0.0746. The fourth-order valence-electron chi connectivity index (χ4n) is 3.75. The van der Waals surface area contributed by atoms with Gasteiger partial charge in [0.2, 0.25) is 0 Å². The Balaban J connectivity index is 1.44. The third kappa shape index (κ3) is 2.93. The van der Waals surface area contributed by atoms with Gasteiger partial charge in [0.25, 0.3) is 5.91 Å². The Morgan fingerprint density at radius 3 is 2.71 bits per heavy atom. The molecule has 1 atom stereocenters. The van der Waals surface area contributed by atoms with E-state index in [-0.39, 0.29) is 5.91 Å². The van der Waals surface area contributed by atoms with Crippen LogP contribution in [0.3, 0.4) is 0 Å². The molecule has 4 nitrogen and oxygen atoms in total. The molecule has 3 heterocycles. The van der Waals surface area contributed by atoms with Gasteiger partial charge in [-0.2, -0.15) is 0 Å². The van der Waals surface area contributed by atoms with Gasteiger partial charge in [-0.25, -0.2) is 0 Å². The number of hydrogen-bond acceptors (Lipinski definition) is 4. The molecule has 0 spiro atoms. The lowest BCUT2D eigenvalue weighted by Gasteiger charge is -2.36. The number of rotatable bonds is 2. The SMILES string of the molecule is CC1CCc2c(C(=O)N3CCN(c4ccncc4)CC3)csc2C1. The molecular weight excluding hydrogens is 318 g/mol. The van der Waals surface area contributed by atoms with Gasteiger partial charge in [0.05, 0.1) is 5.56 Å². The molecule has 0 bridgehead atoms. The summed E-state index contributed by atoms with van der Waals surface area (Å²) in [6, 6.07) is 4.07. The lowest BCUT2D eigenvalue weighted by Crippen LogP contribution is -2.49. The number of thiophene rings is 1. The average molecular weight is 341 g/mol. The summed E-state index contributed by atoms with van der Waals surface area (Å²) in [6.45, 7) is 5.67. The maximum Gasteiger partial charge on any atom is 0.255 e. The molecule has 2 aromatic rings. The number of carbonyl (C=O) groups is 1. The molecule has 126 valence electrons. The van der Waals surface area contributed by atoms with E-state index in [1.165, 1.54) is 22.5 Å². The summed E-state index contributed by atoms with van der Waals surface area (Å²) >= 11 is 1.78. The van der Waals surface area contributed by atoms with Crippen molar-refractivity contribution in [2.45, 2.75) is 26.2 Å². The molecule has 0 saturated carbocycles. The molecule has 1 saturated heterocycles. The zero-order valence-corrected chi connectivity index (χ0v) is 14.9. The van der Waals surface area contributed by atoms with E-state index < -0.39 is 0 Å². The molecule has 2 aromatic heterocycles. The standard InChI is InChI=1S/C19H23N3OS/c1-14-2-3-16-17(13-24-18(16)12-14)19(23)22-10-8-21(9-11-22)15-4-6-20-7-5-15/h4-7,13-14H,2-3,8-12H2,1H3. The first-order chi connectivity index (χ1) is 11.7. The number of carbonyl (C=O) groups excluding carboxylic acids is 1. The minimum Gasteiger partial charge on any atom is -0.368 e. The number of nitrogens with zero attached hydrogens (tertiary/aromatic N) is 3. The Morgan fingerprint density at radius 2 is 1.96 bits per heavy atom. The summed E-state index contributed by atoms with van der Waals surface area (Å²) in [7, 11) is 0. The highest BCUT2D eigenvalue weighted by Gasteiger charge is 2.28. The molecule has 1 amide bonds. The average Bonchev–Trinajstić information content (AvgIpc) is 3.05. The molecule has 1 unspecified atom stereocenters. The zero-order valence-electron chi connectivity index (χ0n) is 14.1. The van der Waals surface area contributed by atoms with E-state index in [1.54, 1.807) is 11.3 Å². The quantitative estimate of drug-likeness (QED) is 0.841. The van der Waals surface area contributed by atoms with Crippen molar-refractivity contribution < 1.29 is 4.79 Å². The van der Waals surface area contributed by atoms with E-state index in [9.17, 15) is 4.79 Å². The first-order valence-corrected chi connectivity index (χ1v) is 9.64. The van der Waals surface area contributed by atoms with Crippen LogP contribution in [0.15, 0.2) is 29.9 Å². The van der Waals surface area contributed by atoms with Crippen LogP contribution in [0.5, 0.6) is 0 Å². The predicted molar refractivity (Wildman–Crippen MR) is 97.9 cm³/mol. The van der Waals surface area contributed by atoms with Gasteiger partial charge in [0.15, 0.2) is 0 Å². The molecule has 0 N–H and O–H groups in total. The monoisotopic (exact) mass is 341 g/mol. The number of aromatic nitrogens is 1. The third-order valence-electron chi connectivity index (χ3n) is 5.23. The summed E-state index contributed by atoms with van der Waals surface area (Å²) in [5, 5.41) is 2.10. The van der Waals surface area contributed by atoms with Crippen molar-refractivity contribution in [1.29, 1.82) is 0 Å². The molecular formula is C19H23N3OS. The van der Waals surface area contributed by atoms with Crippen LogP contribution in [0.25, 0.3) is 0 Å². The van der Waals surface area contributed by atoms with Gasteiger partial charge in [0.1, 0.15) is 0 Å². The molecule has 0 aromatic carbocycles. The van der Waals surface area contributed by atoms with E-state index in [2.05, 4.69) is 22.2 Å². The highest BCUT2D eigenvalue weighted by Crippen LogP contribution is 2.33. The van der Waals surface area contributed by atoms with E-state index in [4.69, 9.17) is 0 Å². The molecule has 1 aliphatic heterocycles. The van der Waals surface area contributed by atoms with Crippen molar-refractivity contribution in [3.05, 3.63) is 45.9 Å². The lowest BCUT2D eigenvalue weighted by atomic mass is 9.88. The van der Waals surface area contributed by atoms with E-state index in [0.29, 0.717) is 0 Å². The van der Waals surface area contributed by atoms with Crippen LogP contribution in [0.1, 0.15) is 34.1 Å². The first kappa shape index (κ1) is 15.6. The normalized spacial score (nSPS) is 20.8. The van der Waals surface area contributed by atoms with Crippen LogP contribution >= 0.6 is 11.3 Å². The molecule has 0 radical (unpaired) electrons. The van der Waals surface area contributed by atoms with Crippen molar-refractivity contribution in [2.24, 2.45) is 5.92 Å². The van der Waals surface area contributed by atoms with Gasteiger partial charge in [-0.1, -0.05) is 6.92 Å². The minimum absolute atomic E-state index is 0.233. The Labute approximate surface area is 147 Å². The van der Waals surface area contributed by atoms with Crippen LogP contribution in [-0.4, -0.2) is 42.0 Å². The molecule has 1 fully saturated rings. The second kappa shape index (κ2) is 6.55. The topological polar surface area (TPSA) is 36.4 Å². The number of pyridine rings is 1. The molecule has 4 rings (SSSR count). The Hall–Kier alpha value is -1.88. The van der Waals surface area contributed by atoms with Gasteiger partial charge >= 0.3 is 0 Å². The summed E-state index contributed by atoms with van der Waals surface area (Å²) in [4.78, 5) is 22.8. The number of fused-ring (bicyclic) bond motifs is 1. The maximum absolute atomic E-state index is 13.0. The second-order valence-electron chi connectivity index (χ2n) is 6.88. The second-order valence-corrected chi connectivity index (χ2v) is 7.85. The summed E-state index contributed by atoms with van der Waals surface area (Å²) in [5.74, 6) is 0.986. The van der Waals surface area contributed by atoms with Crippen LogP contribution in [0.2, 0.25) is 0 Å². The van der Waals surface area contributed by atoms with Crippen LogP contribution in [0, 0.1) is 5.92 Å². The van der Waals surface area contributed by atoms with Gasteiger partial charge in [-0.3, -0.25) is 9.78 Å². The third-order valence-corrected chi connectivity index (χ3v) is 6.28. The van der Waals surface area contributed by atoms with E-state index in [0.717, 1.165) is 50.5 Å². The van der Waals surface area contributed by atoms with Gasteiger partial charge in [-0.15, -0.1) is 11.3 Å². The number of hydrogen-bond donors (Lipinski definition) is 0. The predicted octanol–water partition coefficient (Wildman–Crippen LogP) is 3.23. The zero-order chi connectivity index (χ0) is 16.5. The Kier molecular flexibility index (Phi) is 4.27. The van der Waals surface area contributed by atoms with Gasteiger partial charge in [-0.05, 0) is 42.9 Å².